The quantitative estimate of drug-likeness (QED) is 0.0441. The van der Waals surface area contributed by atoms with E-state index in [1.165, 1.54) is 257 Å². The molecule has 4 saturated carbocycles. The second-order valence-corrected chi connectivity index (χ2v) is 31.3. The van der Waals surface area contributed by atoms with Gasteiger partial charge in [0.15, 0.2) is 0 Å². The van der Waals surface area contributed by atoms with Crippen LogP contribution in [-0.2, 0) is 37.9 Å². The summed E-state index contributed by atoms with van der Waals surface area (Å²) in [5.74, 6) is 4.07. The monoisotopic (exact) mass is 1320 g/mol. The van der Waals surface area contributed by atoms with Crippen molar-refractivity contribution in [1.29, 1.82) is 0 Å². The first-order chi connectivity index (χ1) is 45.6. The van der Waals surface area contributed by atoms with Crippen LogP contribution in [0.4, 0.5) is 0 Å². The van der Waals surface area contributed by atoms with Crippen molar-refractivity contribution in [3.05, 3.63) is 0 Å². The summed E-state index contributed by atoms with van der Waals surface area (Å²) in [5.41, 5.74) is -0.526. The normalized spacial score (nSPS) is 17.0. The van der Waals surface area contributed by atoms with Crippen molar-refractivity contribution in [2.45, 2.75) is 287 Å². The van der Waals surface area contributed by atoms with Crippen LogP contribution in [0.5, 0.6) is 0 Å². The van der Waals surface area contributed by atoms with E-state index in [1.807, 2.05) is 0 Å². The number of hydrogen-bond donors (Lipinski definition) is 0. The van der Waals surface area contributed by atoms with E-state index in [9.17, 15) is 0 Å². The average molecular weight is 1320 g/mol. The van der Waals surface area contributed by atoms with Gasteiger partial charge in [-0.1, -0.05) is 180 Å². The first-order valence-corrected chi connectivity index (χ1v) is 41.6. The zero-order valence-electron chi connectivity index (χ0n) is 63.9. The minimum atomic E-state index is -0.526. The summed E-state index contributed by atoms with van der Waals surface area (Å²) < 4.78 is 56.8. The first-order valence-electron chi connectivity index (χ1n) is 41.6. The molecule has 12 nitrogen and oxygen atoms in total. The predicted octanol–water partition coefficient (Wildman–Crippen LogP) is 18.1. The van der Waals surface area contributed by atoms with Crippen LogP contribution in [0.2, 0.25) is 0 Å². The SMILES string of the molecule is CC[N+](CC)(CCCCCCC1CCCC1)CCOCCOCC(COCCOCC[N+](CC)(CC)CCCCCCC1CCCC1)(COCCOCC[N+](CC)(CC)CCCCCCC1CCCC1)COCCOCC[N+](CC)(CC)CCCCCCC1CCCC1. The molecule has 0 radical (unpaired) electrons. The number of likely N-dealkylation sites (N-methyl/N-ethyl adjacent to an activating group) is 4. The lowest BCUT2D eigenvalue weighted by Gasteiger charge is -2.37. The Labute approximate surface area is 579 Å². The summed E-state index contributed by atoms with van der Waals surface area (Å²) >= 11 is 0. The molecule has 0 saturated heterocycles. The lowest BCUT2D eigenvalue weighted by molar-refractivity contribution is -0.925. The van der Waals surface area contributed by atoms with Crippen molar-refractivity contribution < 1.29 is 55.8 Å². The highest BCUT2D eigenvalue weighted by atomic mass is 16.6. The molecule has 0 aromatic carbocycles. The Morgan fingerprint density at radius 3 is 0.591 bits per heavy atom. The highest BCUT2D eigenvalue weighted by Gasteiger charge is 2.34. The smallest absolute Gasteiger partial charge is 0.102 e. The van der Waals surface area contributed by atoms with Gasteiger partial charge in [0.2, 0.25) is 0 Å². The fourth-order valence-electron chi connectivity index (χ4n) is 17.3. The van der Waals surface area contributed by atoms with Crippen molar-refractivity contribution in [2.24, 2.45) is 29.1 Å². The van der Waals surface area contributed by atoms with Crippen molar-refractivity contribution in [1.82, 2.24) is 0 Å². The third-order valence-corrected chi connectivity index (χ3v) is 25.2. The molecule has 4 aliphatic carbocycles. The van der Waals surface area contributed by atoms with E-state index in [2.05, 4.69) is 55.4 Å². The highest BCUT2D eigenvalue weighted by molar-refractivity contribution is 4.80. The number of ether oxygens (including phenoxy) is 8. The van der Waals surface area contributed by atoms with Crippen LogP contribution in [0, 0.1) is 29.1 Å². The Morgan fingerprint density at radius 1 is 0.215 bits per heavy atom. The minimum absolute atomic E-state index is 0.457. The molecule has 4 aliphatic rings. The molecule has 0 aliphatic heterocycles. The third-order valence-electron chi connectivity index (χ3n) is 25.2. The number of hydrogen-bond acceptors (Lipinski definition) is 8. The van der Waals surface area contributed by atoms with Crippen LogP contribution >= 0.6 is 0 Å². The van der Waals surface area contributed by atoms with Gasteiger partial charge < -0.3 is 55.8 Å². The van der Waals surface area contributed by atoms with Gasteiger partial charge in [0.05, 0.1) is 190 Å². The maximum Gasteiger partial charge on any atom is 0.102 e. The average Bonchev–Trinajstić information content (AvgIpc) is 3.73. The molecular weight excluding hydrogens is 1160 g/mol. The van der Waals surface area contributed by atoms with Gasteiger partial charge in [0, 0.05) is 0 Å². The molecule has 0 bridgehead atoms. The predicted molar refractivity (Wildman–Crippen MR) is 393 cm³/mol. The van der Waals surface area contributed by atoms with E-state index in [1.54, 1.807) is 0 Å². The topological polar surface area (TPSA) is 73.8 Å². The zero-order valence-corrected chi connectivity index (χ0v) is 63.9. The molecule has 552 valence electrons. The van der Waals surface area contributed by atoms with Crippen molar-refractivity contribution >= 4 is 0 Å². The van der Waals surface area contributed by atoms with Gasteiger partial charge in [-0.25, -0.2) is 0 Å². The Bertz CT molecular complexity index is 1400. The number of unbranched alkanes of at least 4 members (excludes halogenated alkanes) is 12. The third kappa shape index (κ3) is 37.7. The van der Waals surface area contributed by atoms with Crippen LogP contribution in [-0.4, -0.2) is 228 Å². The molecule has 0 N–H and O–H groups in total. The molecule has 0 heterocycles. The van der Waals surface area contributed by atoms with Gasteiger partial charge in [0.1, 0.15) is 26.2 Å². The lowest BCUT2D eigenvalue weighted by Crippen LogP contribution is -2.50. The van der Waals surface area contributed by atoms with Gasteiger partial charge in [-0.3, -0.25) is 0 Å². The van der Waals surface area contributed by atoms with Gasteiger partial charge in [-0.05, 0) is 130 Å². The largest absolute Gasteiger partial charge is 0.378 e. The maximum atomic E-state index is 6.66. The Morgan fingerprint density at radius 2 is 0.398 bits per heavy atom. The summed E-state index contributed by atoms with van der Waals surface area (Å²) in [4.78, 5) is 0. The van der Waals surface area contributed by atoms with E-state index < -0.39 is 5.41 Å². The standard InChI is InChI=1S/C81H164N4O8/c1-9-82(10-2,53-37-21-17-25-41-77-45-29-30-46-77)57-61-86-65-69-90-73-81(74-91-70-66-87-62-58-83(11-3,12-4)54-38-22-18-26-42-78-47-31-32-48-78,75-92-71-67-88-63-59-84(13-5,14-6)55-39-23-19-27-43-79-49-33-34-50-79)76-93-72-68-89-64-60-85(15-7,16-8)56-40-24-20-28-44-80-51-35-36-52-80/h77-80H,9-76H2,1-8H3/q+4. The summed E-state index contributed by atoms with van der Waals surface area (Å²) in [6, 6.07) is 0. The molecule has 4 fully saturated rings. The number of rotatable bonds is 68. The van der Waals surface area contributed by atoms with E-state index in [0.29, 0.717) is 79.3 Å². The highest BCUT2D eigenvalue weighted by Crippen LogP contribution is 2.33. The van der Waals surface area contributed by atoms with E-state index in [4.69, 9.17) is 37.9 Å². The van der Waals surface area contributed by atoms with Crippen LogP contribution in [0.3, 0.4) is 0 Å². The molecule has 0 amide bonds. The van der Waals surface area contributed by atoms with Crippen molar-refractivity contribution in [2.75, 3.05) is 210 Å². The Kier molecular flexibility index (Phi) is 49.6. The van der Waals surface area contributed by atoms with Crippen LogP contribution in [0.1, 0.15) is 287 Å². The van der Waals surface area contributed by atoms with Gasteiger partial charge >= 0.3 is 0 Å². The molecular formula is C81H164N4O8+4. The number of quaternary nitrogens is 4. The molecule has 93 heavy (non-hydrogen) atoms. The van der Waals surface area contributed by atoms with Crippen LogP contribution in [0.15, 0.2) is 0 Å². The summed E-state index contributed by atoms with van der Waals surface area (Å²) in [7, 11) is 0. The molecule has 0 unspecified atom stereocenters. The van der Waals surface area contributed by atoms with E-state index in [-0.39, 0.29) is 0 Å². The molecule has 0 aromatic heterocycles. The van der Waals surface area contributed by atoms with Crippen molar-refractivity contribution in [3.63, 3.8) is 0 Å². The van der Waals surface area contributed by atoms with Crippen LogP contribution in [0.25, 0.3) is 0 Å². The molecule has 4 rings (SSSR count). The first kappa shape index (κ1) is 84.9. The van der Waals surface area contributed by atoms with Gasteiger partial charge in [-0.15, -0.1) is 0 Å². The van der Waals surface area contributed by atoms with Crippen molar-refractivity contribution in [3.8, 4) is 0 Å². The fraction of sp³-hybridized carbons (Fsp3) is 1.00. The molecule has 0 spiro atoms. The zero-order chi connectivity index (χ0) is 66.5. The fourth-order valence-corrected chi connectivity index (χ4v) is 17.3. The Hall–Kier alpha value is -0.480. The molecule has 12 heteroatoms. The molecule has 0 atom stereocenters. The van der Waals surface area contributed by atoms with E-state index >= 15 is 0 Å². The van der Waals surface area contributed by atoms with E-state index in [0.717, 1.165) is 147 Å². The molecule has 0 aromatic rings. The summed E-state index contributed by atoms with van der Waals surface area (Å²) in [5, 5.41) is 0. The minimum Gasteiger partial charge on any atom is -0.378 e. The lowest BCUT2D eigenvalue weighted by atomic mass is 9.92. The second kappa shape index (κ2) is 54.3. The number of nitrogens with zero attached hydrogens (tertiary/aromatic N) is 4. The summed E-state index contributed by atoms with van der Waals surface area (Å²) in [6.45, 7) is 46.8. The Balaban J connectivity index is 1.32. The van der Waals surface area contributed by atoms with Crippen LogP contribution < -0.4 is 0 Å². The summed E-state index contributed by atoms with van der Waals surface area (Å²) in [6.07, 6.45) is 51.4. The van der Waals surface area contributed by atoms with Gasteiger partial charge in [-0.2, -0.15) is 0 Å². The maximum absolute atomic E-state index is 6.66. The van der Waals surface area contributed by atoms with Gasteiger partial charge in [0.25, 0.3) is 0 Å². The second-order valence-electron chi connectivity index (χ2n) is 31.3.